The Kier molecular flexibility index (Phi) is 8.06. The van der Waals surface area contributed by atoms with E-state index >= 15 is 0 Å². The summed E-state index contributed by atoms with van der Waals surface area (Å²) in [5.74, 6) is -2.11. The van der Waals surface area contributed by atoms with E-state index in [-0.39, 0.29) is 41.6 Å². The van der Waals surface area contributed by atoms with Crippen LogP contribution in [0.4, 0.5) is 5.69 Å². The fourth-order valence-corrected chi connectivity index (χ4v) is 5.54. The number of hydrogen-bond donors (Lipinski definition) is 1. The minimum atomic E-state index is -3.50. The number of sulfonamides is 1. The summed E-state index contributed by atoms with van der Waals surface area (Å²) in [6.07, 6.45) is 0.721. The van der Waals surface area contributed by atoms with Crippen LogP contribution in [0.25, 0.3) is 0 Å². The summed E-state index contributed by atoms with van der Waals surface area (Å²) in [6, 6.07) is 11.5. The molecule has 1 fully saturated rings. The molecule has 182 valence electrons. The van der Waals surface area contributed by atoms with Gasteiger partial charge in [0.2, 0.25) is 15.9 Å². The summed E-state index contributed by atoms with van der Waals surface area (Å²) in [6.45, 7) is 2.35. The number of rotatable bonds is 7. The van der Waals surface area contributed by atoms with Gasteiger partial charge in [-0.1, -0.05) is 24.3 Å². The fraction of sp³-hybridized carbons (Fsp3) is 0.375. The third-order valence-electron chi connectivity index (χ3n) is 5.86. The van der Waals surface area contributed by atoms with Crippen LogP contribution in [0.15, 0.2) is 42.5 Å². The van der Waals surface area contributed by atoms with Crippen molar-refractivity contribution in [2.75, 3.05) is 32.6 Å². The van der Waals surface area contributed by atoms with Crippen molar-refractivity contribution in [2.45, 2.75) is 25.5 Å². The molecule has 0 radical (unpaired) electrons. The first kappa shape index (κ1) is 25.4. The maximum absolute atomic E-state index is 12.9. The summed E-state index contributed by atoms with van der Waals surface area (Å²) in [5, 5.41) is 2.73. The number of amides is 1. The zero-order valence-corrected chi connectivity index (χ0v) is 20.2. The van der Waals surface area contributed by atoms with Gasteiger partial charge in [0.15, 0.2) is 0 Å². The molecule has 0 spiro atoms. The number of anilines is 1. The third kappa shape index (κ3) is 6.00. The van der Waals surface area contributed by atoms with Gasteiger partial charge in [-0.25, -0.2) is 22.3 Å². The van der Waals surface area contributed by atoms with Crippen LogP contribution < -0.4 is 5.32 Å². The number of nitrogens with zero attached hydrogens (tertiary/aromatic N) is 1. The predicted octanol–water partition coefficient (Wildman–Crippen LogP) is 2.75. The number of methoxy groups -OCH3 is 2. The van der Waals surface area contributed by atoms with Crippen LogP contribution in [0.2, 0.25) is 0 Å². The van der Waals surface area contributed by atoms with E-state index in [0.717, 1.165) is 11.1 Å². The van der Waals surface area contributed by atoms with Crippen molar-refractivity contribution in [2.24, 2.45) is 5.92 Å². The zero-order valence-electron chi connectivity index (χ0n) is 19.4. The molecule has 0 bridgehead atoms. The van der Waals surface area contributed by atoms with Crippen LogP contribution in [0.5, 0.6) is 0 Å². The second-order valence-electron chi connectivity index (χ2n) is 8.13. The molecule has 1 heterocycles. The molecule has 3 rings (SSSR count). The summed E-state index contributed by atoms with van der Waals surface area (Å²) in [4.78, 5) is 36.7. The Labute approximate surface area is 199 Å². The van der Waals surface area contributed by atoms with Crippen molar-refractivity contribution in [1.29, 1.82) is 0 Å². The lowest BCUT2D eigenvalue weighted by Gasteiger charge is -2.30. The molecule has 34 heavy (non-hydrogen) atoms. The Morgan fingerprint density at radius 3 is 2.06 bits per heavy atom. The first-order chi connectivity index (χ1) is 16.1. The molecule has 10 heteroatoms. The summed E-state index contributed by atoms with van der Waals surface area (Å²) in [7, 11) is -1.07. The monoisotopic (exact) mass is 488 g/mol. The molecule has 1 amide bonds. The maximum Gasteiger partial charge on any atom is 0.337 e. The van der Waals surface area contributed by atoms with Crippen LogP contribution in [-0.2, 0) is 30.0 Å². The average molecular weight is 489 g/mol. The van der Waals surface area contributed by atoms with Gasteiger partial charge in [-0.05, 0) is 49.1 Å². The highest BCUT2D eigenvalue weighted by Gasteiger charge is 2.31. The Balaban J connectivity index is 1.66. The maximum atomic E-state index is 12.9. The number of nitrogens with one attached hydrogen (secondary N) is 1. The third-order valence-corrected chi connectivity index (χ3v) is 7.69. The molecule has 1 aliphatic rings. The fourth-order valence-electron chi connectivity index (χ4n) is 3.87. The Morgan fingerprint density at radius 1 is 0.971 bits per heavy atom. The van der Waals surface area contributed by atoms with Crippen LogP contribution in [0, 0.1) is 12.8 Å². The van der Waals surface area contributed by atoms with Gasteiger partial charge in [0.05, 0.1) is 31.1 Å². The molecule has 1 saturated heterocycles. The van der Waals surface area contributed by atoms with Gasteiger partial charge < -0.3 is 14.8 Å². The molecule has 1 N–H and O–H groups in total. The number of benzene rings is 2. The van der Waals surface area contributed by atoms with E-state index < -0.39 is 27.9 Å². The second-order valence-corrected chi connectivity index (χ2v) is 10.1. The Hall–Kier alpha value is -3.24. The van der Waals surface area contributed by atoms with Crippen molar-refractivity contribution in [1.82, 2.24) is 4.31 Å². The summed E-state index contributed by atoms with van der Waals surface area (Å²) < 4.78 is 36.6. The molecular formula is C24H28N2O7S. The summed E-state index contributed by atoms with van der Waals surface area (Å²) in [5.41, 5.74) is 2.12. The lowest BCUT2D eigenvalue weighted by Crippen LogP contribution is -2.42. The topological polar surface area (TPSA) is 119 Å². The average Bonchev–Trinajstić information content (AvgIpc) is 2.84. The zero-order chi connectivity index (χ0) is 24.9. The van der Waals surface area contributed by atoms with E-state index in [9.17, 15) is 22.8 Å². The van der Waals surface area contributed by atoms with Crippen molar-refractivity contribution in [3.8, 4) is 0 Å². The SMILES string of the molecule is COC(=O)c1cc(NC(=O)C2CCN(S(=O)(=O)Cc3ccccc3C)CC2)cc(C(=O)OC)c1. The number of esters is 2. The van der Waals surface area contributed by atoms with Gasteiger partial charge in [0, 0.05) is 24.7 Å². The molecule has 9 nitrogen and oxygen atoms in total. The number of aryl methyl sites for hydroxylation is 1. The van der Waals surface area contributed by atoms with Crippen molar-refractivity contribution in [3.05, 3.63) is 64.7 Å². The Bertz CT molecular complexity index is 1150. The van der Waals surface area contributed by atoms with Crippen molar-refractivity contribution < 1.29 is 32.3 Å². The van der Waals surface area contributed by atoms with Crippen LogP contribution in [-0.4, -0.2) is 57.9 Å². The quantitative estimate of drug-likeness (QED) is 0.595. The van der Waals surface area contributed by atoms with Gasteiger partial charge in [-0.2, -0.15) is 0 Å². The van der Waals surface area contributed by atoms with E-state index in [4.69, 9.17) is 9.47 Å². The first-order valence-corrected chi connectivity index (χ1v) is 12.4. The van der Waals surface area contributed by atoms with Gasteiger partial charge >= 0.3 is 11.9 Å². The molecule has 1 aliphatic heterocycles. The van der Waals surface area contributed by atoms with Gasteiger partial charge in [0.25, 0.3) is 0 Å². The second kappa shape index (κ2) is 10.8. The molecular weight excluding hydrogens is 460 g/mol. The number of carbonyl (C=O) groups is 3. The van der Waals surface area contributed by atoms with Gasteiger partial charge in [0.1, 0.15) is 0 Å². The molecule has 2 aromatic carbocycles. The van der Waals surface area contributed by atoms with Crippen LogP contribution in [0.1, 0.15) is 44.7 Å². The number of hydrogen-bond acceptors (Lipinski definition) is 7. The largest absolute Gasteiger partial charge is 0.465 e. The van der Waals surface area contributed by atoms with Gasteiger partial charge in [-0.3, -0.25) is 4.79 Å². The van der Waals surface area contributed by atoms with Crippen molar-refractivity contribution >= 4 is 33.6 Å². The summed E-state index contributed by atoms with van der Waals surface area (Å²) >= 11 is 0. The van der Waals surface area contributed by atoms with Crippen LogP contribution in [0.3, 0.4) is 0 Å². The lowest BCUT2D eigenvalue weighted by molar-refractivity contribution is -0.120. The van der Waals surface area contributed by atoms with E-state index in [1.54, 1.807) is 6.07 Å². The molecule has 0 saturated carbocycles. The van der Waals surface area contributed by atoms with E-state index in [1.807, 2.05) is 25.1 Å². The standard InChI is InChI=1S/C24H28N2O7S/c1-16-6-4-5-7-18(16)15-34(30,31)26-10-8-17(9-11-26)22(27)25-21-13-19(23(28)32-2)12-20(14-21)24(29)33-3/h4-7,12-14,17H,8-11,15H2,1-3H3,(H,25,27). The highest BCUT2D eigenvalue weighted by Crippen LogP contribution is 2.25. The predicted molar refractivity (Wildman–Crippen MR) is 126 cm³/mol. The first-order valence-electron chi connectivity index (χ1n) is 10.8. The highest BCUT2D eigenvalue weighted by molar-refractivity contribution is 7.88. The molecule has 0 atom stereocenters. The highest BCUT2D eigenvalue weighted by atomic mass is 32.2. The minimum Gasteiger partial charge on any atom is -0.465 e. The number of piperidine rings is 1. The van der Waals surface area contributed by atoms with Gasteiger partial charge in [-0.15, -0.1) is 0 Å². The molecule has 2 aromatic rings. The van der Waals surface area contributed by atoms with Crippen molar-refractivity contribution in [3.63, 3.8) is 0 Å². The van der Waals surface area contributed by atoms with E-state index in [2.05, 4.69) is 5.32 Å². The molecule has 0 aliphatic carbocycles. The lowest BCUT2D eigenvalue weighted by atomic mass is 9.97. The van der Waals surface area contributed by atoms with E-state index in [1.165, 1.54) is 36.7 Å². The minimum absolute atomic E-state index is 0.0762. The van der Waals surface area contributed by atoms with E-state index in [0.29, 0.717) is 12.8 Å². The smallest absolute Gasteiger partial charge is 0.337 e. The number of ether oxygens (including phenoxy) is 2. The normalized spacial score (nSPS) is 14.9. The number of carbonyl (C=O) groups excluding carboxylic acids is 3. The van der Waals surface area contributed by atoms with Crippen LogP contribution >= 0.6 is 0 Å². The molecule has 0 aromatic heterocycles. The molecule has 0 unspecified atom stereocenters. The Morgan fingerprint density at radius 2 is 1.53 bits per heavy atom.